The van der Waals surface area contributed by atoms with Gasteiger partial charge in [-0.15, -0.1) is 0 Å². The number of aliphatic hydroxyl groups is 2. The minimum absolute atomic E-state index is 0.0205. The lowest BCUT2D eigenvalue weighted by Gasteiger charge is -2.71. The van der Waals surface area contributed by atoms with Crippen LogP contribution in [-0.4, -0.2) is 45.2 Å². The van der Waals surface area contributed by atoms with Crippen LogP contribution in [0.5, 0.6) is 0 Å². The number of ketones is 1. The number of carbonyl (C=O) groups excluding carboxylic acids is 2. The topological polar surface area (TPSA) is 103 Å². The normalized spacial score (nSPS) is 37.6. The van der Waals surface area contributed by atoms with Gasteiger partial charge < -0.3 is 24.8 Å². The molecule has 0 radical (unpaired) electrons. The minimum atomic E-state index is -1.18. The van der Waals surface area contributed by atoms with Gasteiger partial charge in [-0.25, -0.2) is 4.79 Å². The van der Waals surface area contributed by atoms with Crippen molar-refractivity contribution in [2.45, 2.75) is 77.0 Å². The molecule has 48 heavy (non-hydrogen) atoms. The number of fused-ring (bicyclic) bond motifs is 1. The van der Waals surface area contributed by atoms with E-state index in [1.165, 1.54) is 0 Å². The van der Waals surface area contributed by atoms with Crippen molar-refractivity contribution in [1.29, 1.82) is 0 Å². The minimum Gasteiger partial charge on any atom is -0.461 e. The van der Waals surface area contributed by atoms with Crippen LogP contribution < -0.4 is 5.32 Å². The van der Waals surface area contributed by atoms with E-state index >= 15 is 0 Å². The van der Waals surface area contributed by atoms with Crippen molar-refractivity contribution in [2.75, 3.05) is 11.9 Å². The first kappa shape index (κ1) is 31.3. The van der Waals surface area contributed by atoms with Crippen LogP contribution in [0.2, 0.25) is 0 Å². The number of nitrogens with one attached hydrogen (secondary N) is 1. The van der Waals surface area contributed by atoms with Crippen molar-refractivity contribution in [3.63, 3.8) is 0 Å². The van der Waals surface area contributed by atoms with Gasteiger partial charge in [-0.1, -0.05) is 80.6 Å². The first-order valence-corrected chi connectivity index (χ1v) is 17.6. The summed E-state index contributed by atoms with van der Waals surface area (Å²) in [5.74, 6) is 0.400. The smallest absolute Gasteiger partial charge is 0.322 e. The molecule has 8 atom stereocenters. The number of benzene rings is 2. The molecular weight excluding hydrogens is 600 g/mol. The van der Waals surface area contributed by atoms with Gasteiger partial charge in [0.2, 0.25) is 5.78 Å². The predicted octanol–water partition coefficient (Wildman–Crippen LogP) is 7.79. The number of carbonyl (C=O) groups is 2. The van der Waals surface area contributed by atoms with Gasteiger partial charge in [0.25, 0.3) is 0 Å². The van der Waals surface area contributed by atoms with Crippen LogP contribution >= 0.6 is 0 Å². The molecule has 250 valence electrons. The number of nitrogens with zero attached hydrogens (tertiary/aromatic N) is 1. The summed E-state index contributed by atoms with van der Waals surface area (Å²) < 4.78 is 5.71. The zero-order chi connectivity index (χ0) is 33.4. The molecule has 0 aliphatic heterocycles. The Labute approximate surface area is 282 Å². The maximum atomic E-state index is 14.5. The van der Waals surface area contributed by atoms with Gasteiger partial charge >= 0.3 is 6.03 Å². The zero-order valence-electron chi connectivity index (χ0n) is 27.9. The van der Waals surface area contributed by atoms with Crippen LogP contribution in [0.1, 0.15) is 74.9 Å². The second kappa shape index (κ2) is 11.0. The standard InChI is InChI=1S/C41H46N2O5/c1-37-18-15-30(44)24-39(37)21-22-41(31(25-39)35(45)32-14-9-23-48-32)33(37)16-19-38(2)34(41)17-20-40(38,47)27-43(26-28-10-5-3-6-11-28)36(46)42-29-12-7-4-8-13-29/h3-14,21-23,25,30,33-34,44,47H,15-20,24,26-27H2,1-2H3,(H,42,46). The Morgan fingerprint density at radius 2 is 1.56 bits per heavy atom. The van der Waals surface area contributed by atoms with Gasteiger partial charge in [0.15, 0.2) is 5.76 Å². The highest BCUT2D eigenvalue weighted by atomic mass is 16.3. The largest absolute Gasteiger partial charge is 0.461 e. The summed E-state index contributed by atoms with van der Waals surface area (Å²) in [6, 6.07) is 22.6. The van der Waals surface area contributed by atoms with E-state index in [0.717, 1.165) is 43.2 Å². The van der Waals surface area contributed by atoms with Gasteiger partial charge in [-0.3, -0.25) is 4.79 Å². The summed E-state index contributed by atoms with van der Waals surface area (Å²) >= 11 is 0. The van der Waals surface area contributed by atoms with Gasteiger partial charge in [0.1, 0.15) is 0 Å². The summed E-state index contributed by atoms with van der Waals surface area (Å²) in [5.41, 5.74) is -0.395. The van der Waals surface area contributed by atoms with E-state index in [1.807, 2.05) is 60.7 Å². The van der Waals surface area contributed by atoms with E-state index in [9.17, 15) is 19.8 Å². The molecule has 2 aromatic carbocycles. The number of Topliss-reactive ketones (excluding diaryl/α,β-unsaturated/α-hetero) is 1. The lowest BCUT2D eigenvalue weighted by Crippen LogP contribution is -2.67. The predicted molar refractivity (Wildman–Crippen MR) is 184 cm³/mol. The molecule has 2 spiro atoms. The van der Waals surface area contributed by atoms with Crippen LogP contribution in [0.4, 0.5) is 10.5 Å². The van der Waals surface area contributed by atoms with E-state index in [4.69, 9.17) is 4.42 Å². The molecule has 7 heteroatoms. The van der Waals surface area contributed by atoms with Gasteiger partial charge in [-0.05, 0) is 92.0 Å². The fourth-order valence-corrected chi connectivity index (χ4v) is 11.2. The maximum Gasteiger partial charge on any atom is 0.322 e. The Kier molecular flexibility index (Phi) is 7.21. The highest BCUT2D eigenvalue weighted by Gasteiger charge is 2.74. The van der Waals surface area contributed by atoms with E-state index in [0.29, 0.717) is 30.8 Å². The second-order valence-electron chi connectivity index (χ2n) is 15.8. The molecule has 3 N–H and O–H groups in total. The number of amides is 2. The highest BCUT2D eigenvalue weighted by Crippen LogP contribution is 2.78. The summed E-state index contributed by atoms with van der Waals surface area (Å²) in [6.45, 7) is 5.13. The third-order valence-corrected chi connectivity index (χ3v) is 13.7. The molecule has 9 rings (SSSR count). The number of anilines is 1. The van der Waals surface area contributed by atoms with E-state index in [1.54, 1.807) is 23.3 Å². The fraction of sp³-hybridized carbons (Fsp3) is 0.463. The van der Waals surface area contributed by atoms with Crippen molar-refractivity contribution < 1.29 is 24.2 Å². The monoisotopic (exact) mass is 646 g/mol. The fourth-order valence-electron chi connectivity index (χ4n) is 11.2. The van der Waals surface area contributed by atoms with E-state index in [2.05, 4.69) is 37.4 Å². The average Bonchev–Trinajstić information content (AvgIpc) is 3.72. The lowest BCUT2D eigenvalue weighted by atomic mass is 9.32. The lowest BCUT2D eigenvalue weighted by molar-refractivity contribution is -0.174. The summed E-state index contributed by atoms with van der Waals surface area (Å²) in [7, 11) is 0. The van der Waals surface area contributed by atoms with E-state index in [-0.39, 0.29) is 35.6 Å². The molecule has 3 saturated carbocycles. The SMILES string of the molecule is CC12CCC(O)CC13C=CC1(C(C(=O)c4ccco4)=C3)C2CCC2(C)C1CCC2(O)CN(Cc1ccccc1)C(=O)Nc1ccccc1. The molecule has 6 aliphatic carbocycles. The number of para-hydroxylation sites is 1. The molecule has 3 fully saturated rings. The first-order chi connectivity index (χ1) is 23.0. The van der Waals surface area contributed by atoms with Gasteiger partial charge in [0, 0.05) is 34.1 Å². The Morgan fingerprint density at radius 1 is 0.875 bits per heavy atom. The van der Waals surface area contributed by atoms with E-state index < -0.39 is 27.9 Å². The van der Waals surface area contributed by atoms with Crippen molar-refractivity contribution in [2.24, 2.45) is 33.5 Å². The Bertz CT molecular complexity index is 1770. The van der Waals surface area contributed by atoms with Crippen molar-refractivity contribution in [1.82, 2.24) is 4.90 Å². The molecule has 2 bridgehead atoms. The Hall–Kier alpha value is -3.94. The van der Waals surface area contributed by atoms with Crippen molar-refractivity contribution >= 4 is 17.5 Å². The maximum absolute atomic E-state index is 14.5. The second-order valence-corrected chi connectivity index (χ2v) is 15.8. The summed E-state index contributed by atoms with van der Waals surface area (Å²) in [5, 5.41) is 27.0. The third-order valence-electron chi connectivity index (χ3n) is 13.7. The molecule has 1 heterocycles. The van der Waals surface area contributed by atoms with Crippen LogP contribution in [0.15, 0.2) is 107 Å². The molecular formula is C41H46N2O5. The summed E-state index contributed by atoms with van der Waals surface area (Å²) in [4.78, 5) is 30.2. The molecule has 6 aliphatic rings. The number of furan rings is 1. The molecule has 3 aromatic rings. The number of allylic oxidation sites excluding steroid dienone is 4. The Morgan fingerprint density at radius 3 is 2.29 bits per heavy atom. The van der Waals surface area contributed by atoms with Crippen LogP contribution in [0.3, 0.4) is 0 Å². The molecule has 7 nitrogen and oxygen atoms in total. The number of hydrogen-bond acceptors (Lipinski definition) is 5. The van der Waals surface area contributed by atoms with Crippen LogP contribution in [-0.2, 0) is 6.54 Å². The Balaban J connectivity index is 1.19. The summed E-state index contributed by atoms with van der Waals surface area (Å²) in [6.07, 6.45) is 13.1. The quantitative estimate of drug-likeness (QED) is 0.180. The highest BCUT2D eigenvalue weighted by molar-refractivity contribution is 6.08. The molecule has 1 aromatic heterocycles. The number of urea groups is 1. The molecule has 2 amide bonds. The van der Waals surface area contributed by atoms with Gasteiger partial charge in [0.05, 0.1) is 24.5 Å². The van der Waals surface area contributed by atoms with Crippen molar-refractivity contribution in [3.8, 4) is 0 Å². The van der Waals surface area contributed by atoms with Gasteiger partial charge in [-0.2, -0.15) is 0 Å². The first-order valence-electron chi connectivity index (χ1n) is 17.6. The third kappa shape index (κ3) is 4.39. The van der Waals surface area contributed by atoms with Crippen LogP contribution in [0.25, 0.3) is 0 Å². The number of rotatable bonds is 7. The number of hydrogen-bond donors (Lipinski definition) is 3. The average molecular weight is 647 g/mol. The molecule has 0 saturated heterocycles. The van der Waals surface area contributed by atoms with Crippen LogP contribution in [0, 0.1) is 33.5 Å². The van der Waals surface area contributed by atoms with Crippen molar-refractivity contribution in [3.05, 3.63) is 114 Å². The number of aliphatic hydroxyl groups excluding tert-OH is 1. The zero-order valence-corrected chi connectivity index (χ0v) is 27.9. The molecule has 8 unspecified atom stereocenters.